The summed E-state index contributed by atoms with van der Waals surface area (Å²) in [7, 11) is 1.85. The fraction of sp³-hybridized carbons (Fsp3) is 0.286. The lowest BCUT2D eigenvalue weighted by Gasteiger charge is -2.15. The maximum Gasteiger partial charge on any atom is 0.251 e. The van der Waals surface area contributed by atoms with E-state index in [1.807, 2.05) is 27.1 Å². The Balaban J connectivity index is 2.24. The summed E-state index contributed by atoms with van der Waals surface area (Å²) in [6.45, 7) is 3.89. The average Bonchev–Trinajstić information content (AvgIpc) is 2.70. The molecule has 1 amide bonds. The van der Waals surface area contributed by atoms with Crippen LogP contribution in [0.25, 0.3) is 0 Å². The number of amides is 1. The predicted molar refractivity (Wildman–Crippen MR) is 74.9 cm³/mol. The summed E-state index contributed by atoms with van der Waals surface area (Å²) in [6.07, 6.45) is 1.92. The molecule has 5 nitrogen and oxygen atoms in total. The van der Waals surface area contributed by atoms with Crippen LogP contribution in [0.15, 0.2) is 24.4 Å². The number of nitrogens with one attached hydrogen (secondary N) is 1. The number of rotatable bonds is 4. The number of primary amides is 1. The highest BCUT2D eigenvalue weighted by Crippen LogP contribution is 2.22. The predicted octanol–water partition coefficient (Wildman–Crippen LogP) is 2.14. The third-order valence-electron chi connectivity index (χ3n) is 3.13. The number of halogens is 1. The third-order valence-corrected chi connectivity index (χ3v) is 3.13. The second-order valence-corrected chi connectivity index (χ2v) is 4.77. The Morgan fingerprint density at radius 2 is 2.20 bits per heavy atom. The summed E-state index contributed by atoms with van der Waals surface area (Å²) in [6, 6.07) is 4.20. The zero-order chi connectivity index (χ0) is 14.9. The van der Waals surface area contributed by atoms with E-state index in [-0.39, 0.29) is 11.6 Å². The van der Waals surface area contributed by atoms with Crippen molar-refractivity contribution in [2.24, 2.45) is 12.8 Å². The smallest absolute Gasteiger partial charge is 0.251 e. The highest BCUT2D eigenvalue weighted by molar-refractivity contribution is 5.94. The summed E-state index contributed by atoms with van der Waals surface area (Å²) in [5.41, 5.74) is 7.61. The van der Waals surface area contributed by atoms with Crippen molar-refractivity contribution in [1.82, 2.24) is 9.78 Å². The van der Waals surface area contributed by atoms with E-state index in [2.05, 4.69) is 10.4 Å². The number of carbonyl (C=O) groups is 1. The highest BCUT2D eigenvalue weighted by Gasteiger charge is 2.14. The molecule has 0 bridgehead atoms. The summed E-state index contributed by atoms with van der Waals surface area (Å²) in [5, 5.41) is 7.48. The van der Waals surface area contributed by atoms with Crippen molar-refractivity contribution in [2.45, 2.75) is 19.9 Å². The normalized spacial score (nSPS) is 12.2. The molecule has 0 saturated heterocycles. The molecule has 0 spiro atoms. The van der Waals surface area contributed by atoms with E-state index < -0.39 is 11.7 Å². The first kappa shape index (κ1) is 14.0. The van der Waals surface area contributed by atoms with Gasteiger partial charge in [0.05, 0.1) is 17.3 Å². The standard InChI is InChI=1S/C14H17FN4O/c1-8(12-7-19(3)18-9(12)2)17-10-4-5-13(15)11(6-10)14(16)20/h4-8,17H,1-3H3,(H2,16,20). The molecule has 0 aliphatic heterocycles. The quantitative estimate of drug-likeness (QED) is 0.898. The monoisotopic (exact) mass is 276 g/mol. The van der Waals surface area contributed by atoms with Crippen LogP contribution in [0.1, 0.15) is 34.6 Å². The average molecular weight is 276 g/mol. The zero-order valence-electron chi connectivity index (χ0n) is 11.6. The Morgan fingerprint density at radius 3 is 2.75 bits per heavy atom. The molecular weight excluding hydrogens is 259 g/mol. The van der Waals surface area contributed by atoms with Gasteiger partial charge in [-0.15, -0.1) is 0 Å². The number of carbonyl (C=O) groups excluding carboxylic acids is 1. The molecule has 6 heteroatoms. The first-order valence-electron chi connectivity index (χ1n) is 6.24. The minimum Gasteiger partial charge on any atom is -0.378 e. The van der Waals surface area contributed by atoms with Crippen molar-refractivity contribution in [3.8, 4) is 0 Å². The van der Waals surface area contributed by atoms with Gasteiger partial charge in [-0.1, -0.05) is 0 Å². The van der Waals surface area contributed by atoms with Gasteiger partial charge in [0.15, 0.2) is 0 Å². The van der Waals surface area contributed by atoms with Gasteiger partial charge in [0.1, 0.15) is 5.82 Å². The van der Waals surface area contributed by atoms with Gasteiger partial charge in [0, 0.05) is 24.5 Å². The molecule has 106 valence electrons. The fourth-order valence-corrected chi connectivity index (χ4v) is 2.17. The Bertz CT molecular complexity index is 651. The van der Waals surface area contributed by atoms with Crippen LogP contribution in [0, 0.1) is 12.7 Å². The lowest BCUT2D eigenvalue weighted by Crippen LogP contribution is -2.14. The van der Waals surface area contributed by atoms with E-state index >= 15 is 0 Å². The molecule has 20 heavy (non-hydrogen) atoms. The molecule has 0 saturated carbocycles. The van der Waals surface area contributed by atoms with E-state index in [9.17, 15) is 9.18 Å². The first-order chi connectivity index (χ1) is 9.38. The molecule has 2 aromatic rings. The van der Waals surface area contributed by atoms with Crippen molar-refractivity contribution in [2.75, 3.05) is 5.32 Å². The van der Waals surface area contributed by atoms with Crippen LogP contribution >= 0.6 is 0 Å². The second kappa shape index (κ2) is 5.32. The van der Waals surface area contributed by atoms with Gasteiger partial charge >= 0.3 is 0 Å². The van der Waals surface area contributed by atoms with Crippen molar-refractivity contribution >= 4 is 11.6 Å². The molecule has 1 aromatic carbocycles. The highest BCUT2D eigenvalue weighted by atomic mass is 19.1. The SMILES string of the molecule is Cc1nn(C)cc1C(C)Nc1ccc(F)c(C(N)=O)c1. The van der Waals surface area contributed by atoms with Gasteiger partial charge in [-0.2, -0.15) is 5.10 Å². The van der Waals surface area contributed by atoms with E-state index in [4.69, 9.17) is 5.73 Å². The Kier molecular flexibility index (Phi) is 3.74. The molecule has 0 radical (unpaired) electrons. The van der Waals surface area contributed by atoms with Crippen LogP contribution in [-0.2, 0) is 7.05 Å². The van der Waals surface area contributed by atoms with Gasteiger partial charge in [0.2, 0.25) is 0 Å². The topological polar surface area (TPSA) is 72.9 Å². The lowest BCUT2D eigenvalue weighted by molar-refractivity contribution is 0.0996. The maximum absolute atomic E-state index is 13.4. The van der Waals surface area contributed by atoms with Crippen LogP contribution in [0.4, 0.5) is 10.1 Å². The Hall–Kier alpha value is -2.37. The first-order valence-corrected chi connectivity index (χ1v) is 6.24. The number of aryl methyl sites for hydroxylation is 2. The van der Waals surface area contributed by atoms with Crippen LogP contribution in [-0.4, -0.2) is 15.7 Å². The van der Waals surface area contributed by atoms with Crippen LogP contribution in [0.2, 0.25) is 0 Å². The number of nitrogens with zero attached hydrogens (tertiary/aromatic N) is 2. The van der Waals surface area contributed by atoms with Crippen molar-refractivity contribution in [3.63, 3.8) is 0 Å². The zero-order valence-corrected chi connectivity index (χ0v) is 11.6. The minimum atomic E-state index is -0.781. The number of nitrogens with two attached hydrogens (primary N) is 1. The molecule has 0 aliphatic carbocycles. The van der Waals surface area contributed by atoms with Crippen LogP contribution in [0.3, 0.4) is 0 Å². The summed E-state index contributed by atoms with van der Waals surface area (Å²) >= 11 is 0. The molecule has 1 heterocycles. The summed E-state index contributed by atoms with van der Waals surface area (Å²) in [5.74, 6) is -1.40. The van der Waals surface area contributed by atoms with Crippen molar-refractivity contribution < 1.29 is 9.18 Å². The number of hydrogen-bond acceptors (Lipinski definition) is 3. The number of anilines is 1. The molecule has 0 fully saturated rings. The molecular formula is C14H17FN4O. The van der Waals surface area contributed by atoms with Crippen molar-refractivity contribution in [1.29, 1.82) is 0 Å². The van der Waals surface area contributed by atoms with E-state index in [1.54, 1.807) is 10.7 Å². The lowest BCUT2D eigenvalue weighted by atomic mass is 10.1. The third kappa shape index (κ3) is 2.79. The summed E-state index contributed by atoms with van der Waals surface area (Å²) < 4.78 is 15.1. The van der Waals surface area contributed by atoms with Crippen molar-refractivity contribution in [3.05, 3.63) is 47.0 Å². The number of hydrogen-bond donors (Lipinski definition) is 2. The minimum absolute atomic E-state index is 0.0186. The van der Waals surface area contributed by atoms with Crippen LogP contribution < -0.4 is 11.1 Å². The molecule has 1 unspecified atom stereocenters. The molecule has 3 N–H and O–H groups in total. The maximum atomic E-state index is 13.4. The Morgan fingerprint density at radius 1 is 1.50 bits per heavy atom. The molecule has 1 aromatic heterocycles. The number of aromatic nitrogens is 2. The van der Waals surface area contributed by atoms with Crippen LogP contribution in [0.5, 0.6) is 0 Å². The Labute approximate surface area is 116 Å². The fourth-order valence-electron chi connectivity index (χ4n) is 2.17. The number of benzene rings is 1. The van der Waals surface area contributed by atoms with E-state index in [0.29, 0.717) is 5.69 Å². The van der Waals surface area contributed by atoms with Gasteiger partial charge in [-0.25, -0.2) is 4.39 Å². The molecule has 1 atom stereocenters. The second-order valence-electron chi connectivity index (χ2n) is 4.77. The van der Waals surface area contributed by atoms with Gasteiger partial charge < -0.3 is 11.1 Å². The molecule has 0 aliphatic rings. The van der Waals surface area contributed by atoms with Gasteiger partial charge in [0.25, 0.3) is 5.91 Å². The summed E-state index contributed by atoms with van der Waals surface area (Å²) in [4.78, 5) is 11.1. The van der Waals surface area contributed by atoms with E-state index in [0.717, 1.165) is 11.3 Å². The largest absolute Gasteiger partial charge is 0.378 e. The van der Waals surface area contributed by atoms with Gasteiger partial charge in [-0.3, -0.25) is 9.48 Å². The van der Waals surface area contributed by atoms with E-state index in [1.165, 1.54) is 12.1 Å². The van der Waals surface area contributed by atoms with Gasteiger partial charge in [-0.05, 0) is 32.0 Å². The molecule has 2 rings (SSSR count).